The zero-order valence-corrected chi connectivity index (χ0v) is 7.28. The first-order chi connectivity index (χ1) is 6.48. The molecule has 0 spiro atoms. The molecule has 0 saturated heterocycles. The molecule has 1 N–H and O–H groups in total. The van der Waals surface area contributed by atoms with Crippen LogP contribution in [0.3, 0.4) is 0 Å². The summed E-state index contributed by atoms with van der Waals surface area (Å²) < 4.78 is 71.9. The van der Waals surface area contributed by atoms with E-state index in [0.29, 0.717) is 6.92 Å². The van der Waals surface area contributed by atoms with Gasteiger partial charge >= 0.3 is 18.1 Å². The molecule has 1 atom stereocenters. The van der Waals surface area contributed by atoms with E-state index in [1.807, 2.05) is 0 Å². The van der Waals surface area contributed by atoms with Crippen molar-refractivity contribution in [3.05, 3.63) is 11.6 Å². The first kappa shape index (κ1) is 13.8. The van der Waals surface area contributed by atoms with Gasteiger partial charge in [-0.3, -0.25) is 0 Å². The van der Waals surface area contributed by atoms with E-state index in [0.717, 1.165) is 0 Å². The van der Waals surface area contributed by atoms with Crippen molar-refractivity contribution in [1.82, 2.24) is 0 Å². The van der Waals surface area contributed by atoms with Gasteiger partial charge in [-0.1, -0.05) is 0 Å². The monoisotopic (exact) mass is 236 g/mol. The molecule has 15 heavy (non-hydrogen) atoms. The minimum absolute atomic E-state index is 0.562. The maximum Gasteiger partial charge on any atom is 0.426 e. The average molecular weight is 236 g/mol. The Kier molecular flexibility index (Phi) is 3.78. The Bertz CT molecular complexity index is 280. The second kappa shape index (κ2) is 4.11. The molecule has 8 heteroatoms. The first-order valence-electron chi connectivity index (χ1n) is 3.50. The van der Waals surface area contributed by atoms with E-state index in [-0.39, 0.29) is 0 Å². The Labute approximate surface area is 80.2 Å². The highest BCUT2D eigenvalue weighted by Crippen LogP contribution is 2.36. The summed E-state index contributed by atoms with van der Waals surface area (Å²) in [6, 6.07) is 0. The van der Waals surface area contributed by atoms with E-state index < -0.39 is 35.9 Å². The molecule has 0 aliphatic heterocycles. The molecule has 0 radical (unpaired) electrons. The number of carbonyl (C=O) groups is 1. The van der Waals surface area contributed by atoms with Gasteiger partial charge in [0.25, 0.3) is 6.17 Å². The first-order valence-corrected chi connectivity index (χ1v) is 3.50. The highest BCUT2D eigenvalue weighted by atomic mass is 19.4. The van der Waals surface area contributed by atoms with Crippen LogP contribution in [0, 0.1) is 0 Å². The lowest BCUT2D eigenvalue weighted by Crippen LogP contribution is -2.40. The summed E-state index contributed by atoms with van der Waals surface area (Å²) in [4.78, 5) is 10.0. The van der Waals surface area contributed by atoms with Gasteiger partial charge in [-0.05, 0) is 13.0 Å². The fraction of sp³-hybridized carbons (Fsp3) is 0.571. The molecule has 0 aromatic rings. The largest absolute Gasteiger partial charge is 0.478 e. The van der Waals surface area contributed by atoms with Crippen LogP contribution in [0.5, 0.6) is 0 Å². The maximum atomic E-state index is 12.5. The number of carboxylic acid groups (broad SMARTS) is 1. The van der Waals surface area contributed by atoms with E-state index in [9.17, 15) is 31.1 Å². The molecule has 2 nitrogen and oxygen atoms in total. The second-order valence-corrected chi connectivity index (χ2v) is 2.71. The quantitative estimate of drug-likeness (QED) is 0.604. The Morgan fingerprint density at radius 2 is 1.67 bits per heavy atom. The van der Waals surface area contributed by atoms with E-state index in [1.54, 1.807) is 0 Å². The van der Waals surface area contributed by atoms with E-state index in [2.05, 4.69) is 0 Å². The fourth-order valence-corrected chi connectivity index (χ4v) is 0.642. The molecule has 0 saturated carbocycles. The standard InChI is InChI=1S/C7H6F6O2/c1-3(4(14)15)2-6(9,10)5(8)7(11,12)13/h2,5H,1H3,(H,14,15). The van der Waals surface area contributed by atoms with Crippen LogP contribution in [0.2, 0.25) is 0 Å². The van der Waals surface area contributed by atoms with E-state index in [1.165, 1.54) is 0 Å². The molecule has 88 valence electrons. The molecule has 0 heterocycles. The molecule has 0 aliphatic rings. The molecular formula is C7H6F6O2. The molecule has 0 aromatic carbocycles. The summed E-state index contributed by atoms with van der Waals surface area (Å²) in [6.45, 7) is 0.638. The summed E-state index contributed by atoms with van der Waals surface area (Å²) in [6.07, 6.45) is -10.7. The number of rotatable bonds is 3. The molecular weight excluding hydrogens is 230 g/mol. The number of halogens is 6. The predicted octanol–water partition coefficient (Wildman–Crippen LogP) is 2.55. The lowest BCUT2D eigenvalue weighted by Gasteiger charge is -2.19. The number of hydrogen-bond donors (Lipinski definition) is 1. The highest BCUT2D eigenvalue weighted by molar-refractivity contribution is 5.85. The third kappa shape index (κ3) is 3.80. The Hall–Kier alpha value is -1.21. The molecule has 0 aromatic heterocycles. The topological polar surface area (TPSA) is 37.3 Å². The second-order valence-electron chi connectivity index (χ2n) is 2.71. The molecule has 0 bridgehead atoms. The summed E-state index contributed by atoms with van der Waals surface area (Å²) in [5, 5.41) is 8.12. The third-order valence-electron chi connectivity index (χ3n) is 1.37. The van der Waals surface area contributed by atoms with Crippen LogP contribution in [0.4, 0.5) is 26.3 Å². The lowest BCUT2D eigenvalue weighted by atomic mass is 10.1. The summed E-state index contributed by atoms with van der Waals surface area (Å²) in [5.41, 5.74) is -1.06. The van der Waals surface area contributed by atoms with Crippen molar-refractivity contribution in [2.75, 3.05) is 0 Å². The van der Waals surface area contributed by atoms with Crippen LogP contribution in [-0.2, 0) is 4.79 Å². The SMILES string of the molecule is CC(=CC(F)(F)C(F)C(F)(F)F)C(=O)O. The van der Waals surface area contributed by atoms with E-state index >= 15 is 0 Å². The van der Waals surface area contributed by atoms with Crippen molar-refractivity contribution in [1.29, 1.82) is 0 Å². The smallest absolute Gasteiger partial charge is 0.426 e. The Balaban J connectivity index is 5.00. The van der Waals surface area contributed by atoms with Gasteiger partial charge < -0.3 is 5.11 Å². The van der Waals surface area contributed by atoms with Crippen LogP contribution in [-0.4, -0.2) is 29.3 Å². The molecule has 1 unspecified atom stereocenters. The number of allylic oxidation sites excluding steroid dienone is 1. The van der Waals surface area contributed by atoms with Crippen LogP contribution >= 0.6 is 0 Å². The maximum absolute atomic E-state index is 12.5. The third-order valence-corrected chi connectivity index (χ3v) is 1.37. The van der Waals surface area contributed by atoms with Crippen LogP contribution < -0.4 is 0 Å². The van der Waals surface area contributed by atoms with Crippen molar-refractivity contribution in [3.8, 4) is 0 Å². The average Bonchev–Trinajstić information content (AvgIpc) is 2.00. The van der Waals surface area contributed by atoms with Gasteiger partial charge in [0.05, 0.1) is 0 Å². The number of hydrogen-bond acceptors (Lipinski definition) is 1. The van der Waals surface area contributed by atoms with Crippen LogP contribution in [0.15, 0.2) is 11.6 Å². The molecule has 0 fully saturated rings. The van der Waals surface area contributed by atoms with E-state index in [4.69, 9.17) is 5.11 Å². The fourth-order valence-electron chi connectivity index (χ4n) is 0.642. The normalized spacial score (nSPS) is 16.3. The van der Waals surface area contributed by atoms with Gasteiger partial charge in [-0.15, -0.1) is 0 Å². The van der Waals surface area contributed by atoms with Gasteiger partial charge in [0.2, 0.25) is 0 Å². The van der Waals surface area contributed by atoms with Crippen molar-refractivity contribution in [2.24, 2.45) is 0 Å². The minimum atomic E-state index is -5.74. The minimum Gasteiger partial charge on any atom is -0.478 e. The number of aliphatic carboxylic acids is 1. The number of alkyl halides is 6. The van der Waals surface area contributed by atoms with Gasteiger partial charge in [-0.2, -0.15) is 22.0 Å². The van der Waals surface area contributed by atoms with Crippen LogP contribution in [0.1, 0.15) is 6.92 Å². The highest BCUT2D eigenvalue weighted by Gasteiger charge is 2.55. The van der Waals surface area contributed by atoms with Crippen molar-refractivity contribution < 1.29 is 36.2 Å². The molecule has 0 aliphatic carbocycles. The van der Waals surface area contributed by atoms with Gasteiger partial charge in [0.1, 0.15) is 0 Å². The van der Waals surface area contributed by atoms with Gasteiger partial charge in [0.15, 0.2) is 0 Å². The van der Waals surface area contributed by atoms with Gasteiger partial charge in [-0.25, -0.2) is 9.18 Å². The summed E-state index contributed by atoms with van der Waals surface area (Å²) in [5.74, 6) is -6.73. The zero-order valence-electron chi connectivity index (χ0n) is 7.28. The molecule has 0 amide bonds. The Morgan fingerprint density at radius 1 is 1.27 bits per heavy atom. The summed E-state index contributed by atoms with van der Waals surface area (Å²) >= 11 is 0. The lowest BCUT2D eigenvalue weighted by molar-refractivity contribution is -0.231. The zero-order chi connectivity index (χ0) is 12.4. The van der Waals surface area contributed by atoms with Crippen molar-refractivity contribution in [3.63, 3.8) is 0 Å². The Morgan fingerprint density at radius 3 is 1.93 bits per heavy atom. The van der Waals surface area contributed by atoms with Crippen LogP contribution in [0.25, 0.3) is 0 Å². The van der Waals surface area contributed by atoms with Crippen molar-refractivity contribution >= 4 is 5.97 Å². The number of carboxylic acids is 1. The molecule has 0 rings (SSSR count). The van der Waals surface area contributed by atoms with Crippen molar-refractivity contribution in [2.45, 2.75) is 25.2 Å². The van der Waals surface area contributed by atoms with Gasteiger partial charge in [0, 0.05) is 5.57 Å². The predicted molar refractivity (Wildman–Crippen MR) is 37.3 cm³/mol. The summed E-state index contributed by atoms with van der Waals surface area (Å²) in [7, 11) is 0.